The van der Waals surface area contributed by atoms with Gasteiger partial charge in [0.2, 0.25) is 5.89 Å². The number of benzene rings is 1. The van der Waals surface area contributed by atoms with Crippen molar-refractivity contribution >= 4 is 16.8 Å². The fourth-order valence-electron chi connectivity index (χ4n) is 2.10. The minimum absolute atomic E-state index is 0.295. The van der Waals surface area contributed by atoms with Gasteiger partial charge in [0.15, 0.2) is 5.58 Å². The number of anilines is 1. The largest absolute Gasteiger partial charge is 0.438 e. The van der Waals surface area contributed by atoms with Crippen molar-refractivity contribution in [3.8, 4) is 0 Å². The van der Waals surface area contributed by atoms with Crippen LogP contribution >= 0.6 is 0 Å². The van der Waals surface area contributed by atoms with E-state index in [1.165, 1.54) is 12.4 Å². The third kappa shape index (κ3) is 3.21. The van der Waals surface area contributed by atoms with E-state index in [0.29, 0.717) is 17.2 Å². The first kappa shape index (κ1) is 14.4. The first-order valence-corrected chi connectivity index (χ1v) is 6.62. The van der Waals surface area contributed by atoms with Gasteiger partial charge in [0.1, 0.15) is 18.1 Å². The molecule has 0 aliphatic carbocycles. The number of rotatable bonds is 4. The highest BCUT2D eigenvalue weighted by Crippen LogP contribution is 2.23. The number of oxazole rings is 1. The van der Waals surface area contributed by atoms with Crippen molar-refractivity contribution in [2.24, 2.45) is 0 Å². The van der Waals surface area contributed by atoms with Gasteiger partial charge in [0.05, 0.1) is 11.9 Å². The lowest BCUT2D eigenvalue weighted by Gasteiger charge is -2.09. The van der Waals surface area contributed by atoms with Crippen LogP contribution in [-0.2, 0) is 6.54 Å². The van der Waals surface area contributed by atoms with E-state index < -0.39 is 12.7 Å². The maximum Gasteiger partial charge on any atom is 0.408 e. The molecule has 2 aromatic heterocycles. The second-order valence-corrected chi connectivity index (χ2v) is 4.93. The molecule has 8 heteroatoms. The zero-order chi connectivity index (χ0) is 15.7. The van der Waals surface area contributed by atoms with Gasteiger partial charge < -0.3 is 9.73 Å². The Kier molecular flexibility index (Phi) is 3.51. The summed E-state index contributed by atoms with van der Waals surface area (Å²) in [7, 11) is 0. The lowest BCUT2D eigenvalue weighted by molar-refractivity contribution is -0.142. The summed E-state index contributed by atoms with van der Waals surface area (Å²) in [5, 5.41) is 6.69. The maximum absolute atomic E-state index is 12.3. The van der Waals surface area contributed by atoms with Gasteiger partial charge in [-0.1, -0.05) is 12.1 Å². The minimum Gasteiger partial charge on any atom is -0.438 e. The van der Waals surface area contributed by atoms with Crippen molar-refractivity contribution in [3.63, 3.8) is 0 Å². The Bertz CT molecular complexity index is 745. The monoisotopic (exact) mass is 310 g/mol. The summed E-state index contributed by atoms with van der Waals surface area (Å²) in [6.45, 7) is 0.692. The van der Waals surface area contributed by atoms with Crippen molar-refractivity contribution in [3.05, 3.63) is 42.5 Å². The number of aromatic nitrogens is 3. The number of nitrogens with one attached hydrogen (secondary N) is 1. The van der Waals surface area contributed by atoms with Gasteiger partial charge in [-0.2, -0.15) is 18.3 Å². The van der Waals surface area contributed by atoms with Crippen LogP contribution in [0.5, 0.6) is 0 Å². The van der Waals surface area contributed by atoms with Crippen molar-refractivity contribution in [2.75, 3.05) is 5.32 Å². The summed E-state index contributed by atoms with van der Waals surface area (Å²) in [5.74, 6) is 0.463. The Labute approximate surface area is 123 Å². The predicted octanol–water partition coefficient (Wildman–Crippen LogP) is 3.76. The highest BCUT2D eigenvalue weighted by atomic mass is 19.4. The first-order chi connectivity index (χ1) is 10.4. The van der Waals surface area contributed by atoms with Gasteiger partial charge >= 0.3 is 6.18 Å². The molecule has 3 rings (SSSR count). The summed E-state index contributed by atoms with van der Waals surface area (Å²) >= 11 is 0. The van der Waals surface area contributed by atoms with Crippen LogP contribution in [0.2, 0.25) is 0 Å². The van der Waals surface area contributed by atoms with Crippen LogP contribution in [0, 0.1) is 0 Å². The third-order valence-corrected chi connectivity index (χ3v) is 3.04. The standard InChI is InChI=1S/C14H13F3N4O/c1-9(13-20-11-4-2-3-5-12(11)22-13)19-10-6-18-21(7-10)8-14(15,16)17/h2-7,9,19H,8H2,1H3/t9-/m1/s1. The van der Waals surface area contributed by atoms with Crippen LogP contribution < -0.4 is 5.32 Å². The molecule has 0 aliphatic rings. The van der Waals surface area contributed by atoms with E-state index in [1.807, 2.05) is 25.1 Å². The number of nitrogens with zero attached hydrogens (tertiary/aromatic N) is 3. The van der Waals surface area contributed by atoms with Gasteiger partial charge in [0, 0.05) is 6.20 Å². The molecular weight excluding hydrogens is 297 g/mol. The van der Waals surface area contributed by atoms with Gasteiger partial charge in [-0.05, 0) is 19.1 Å². The van der Waals surface area contributed by atoms with Crippen LogP contribution in [0.1, 0.15) is 18.9 Å². The maximum atomic E-state index is 12.3. The summed E-state index contributed by atoms with van der Waals surface area (Å²) in [6.07, 6.45) is -1.66. The first-order valence-electron chi connectivity index (χ1n) is 6.62. The zero-order valence-corrected chi connectivity index (χ0v) is 11.6. The van der Waals surface area contributed by atoms with Gasteiger partial charge in [-0.15, -0.1) is 0 Å². The molecule has 22 heavy (non-hydrogen) atoms. The quantitative estimate of drug-likeness (QED) is 0.797. The molecule has 1 atom stereocenters. The van der Waals surface area contributed by atoms with Crippen LogP contribution in [0.15, 0.2) is 41.1 Å². The summed E-state index contributed by atoms with van der Waals surface area (Å²) in [5.41, 5.74) is 1.87. The Hall–Kier alpha value is -2.51. The molecule has 116 valence electrons. The fraction of sp³-hybridized carbons (Fsp3) is 0.286. The predicted molar refractivity (Wildman–Crippen MR) is 74.3 cm³/mol. The van der Waals surface area contributed by atoms with Crippen molar-refractivity contribution in [1.82, 2.24) is 14.8 Å². The second kappa shape index (κ2) is 5.36. The molecule has 2 heterocycles. The SMILES string of the molecule is C[C@@H](Nc1cnn(CC(F)(F)F)c1)c1nc2ccccc2o1. The smallest absolute Gasteiger partial charge is 0.408 e. The summed E-state index contributed by atoms with van der Waals surface area (Å²) in [6, 6.07) is 7.04. The van der Waals surface area contributed by atoms with Crippen molar-refractivity contribution in [2.45, 2.75) is 25.7 Å². The van der Waals surface area contributed by atoms with Crippen LogP contribution in [-0.4, -0.2) is 20.9 Å². The molecule has 1 N–H and O–H groups in total. The number of hydrogen-bond acceptors (Lipinski definition) is 4. The molecule has 0 unspecified atom stereocenters. The minimum atomic E-state index is -4.30. The number of alkyl halides is 3. The van der Waals surface area contributed by atoms with E-state index >= 15 is 0 Å². The zero-order valence-electron chi connectivity index (χ0n) is 11.6. The number of hydrogen-bond donors (Lipinski definition) is 1. The Morgan fingerprint density at radius 3 is 2.82 bits per heavy atom. The van der Waals surface area contributed by atoms with E-state index in [9.17, 15) is 13.2 Å². The van der Waals surface area contributed by atoms with Crippen LogP contribution in [0.3, 0.4) is 0 Å². The van der Waals surface area contributed by atoms with E-state index in [1.54, 1.807) is 6.07 Å². The highest BCUT2D eigenvalue weighted by Gasteiger charge is 2.28. The Morgan fingerprint density at radius 2 is 2.09 bits per heavy atom. The molecular formula is C14H13F3N4O. The molecule has 0 saturated heterocycles. The van der Waals surface area contributed by atoms with E-state index in [-0.39, 0.29) is 6.04 Å². The molecule has 0 spiro atoms. The molecule has 0 radical (unpaired) electrons. The van der Waals surface area contributed by atoms with E-state index in [0.717, 1.165) is 10.2 Å². The van der Waals surface area contributed by atoms with Crippen molar-refractivity contribution < 1.29 is 17.6 Å². The molecule has 0 saturated carbocycles. The lowest BCUT2D eigenvalue weighted by atomic mass is 10.3. The second-order valence-electron chi connectivity index (χ2n) is 4.93. The summed E-state index contributed by atoms with van der Waals surface area (Å²) < 4.78 is 43.3. The Balaban J connectivity index is 1.72. The van der Waals surface area contributed by atoms with Crippen molar-refractivity contribution in [1.29, 1.82) is 0 Å². The molecule has 1 aromatic carbocycles. The fourth-order valence-corrected chi connectivity index (χ4v) is 2.10. The number of para-hydroxylation sites is 2. The average molecular weight is 310 g/mol. The normalized spacial score (nSPS) is 13.5. The van der Waals surface area contributed by atoms with Gasteiger partial charge in [-0.3, -0.25) is 4.68 Å². The molecule has 0 bridgehead atoms. The summed E-state index contributed by atoms with van der Waals surface area (Å²) in [4.78, 5) is 4.34. The molecule has 0 amide bonds. The topological polar surface area (TPSA) is 55.9 Å². The molecule has 3 aromatic rings. The molecule has 0 aliphatic heterocycles. The number of halogens is 3. The lowest BCUT2D eigenvalue weighted by Crippen LogP contribution is -2.17. The third-order valence-electron chi connectivity index (χ3n) is 3.04. The van der Waals surface area contributed by atoms with Crippen LogP contribution in [0.4, 0.5) is 18.9 Å². The van der Waals surface area contributed by atoms with Gasteiger partial charge in [-0.25, -0.2) is 4.98 Å². The van der Waals surface area contributed by atoms with Gasteiger partial charge in [0.25, 0.3) is 0 Å². The number of fused-ring (bicyclic) bond motifs is 1. The molecule has 0 fully saturated rings. The molecule has 5 nitrogen and oxygen atoms in total. The van der Waals surface area contributed by atoms with Crippen LogP contribution in [0.25, 0.3) is 11.1 Å². The Morgan fingerprint density at radius 1 is 1.32 bits per heavy atom. The van der Waals surface area contributed by atoms with E-state index in [2.05, 4.69) is 15.4 Å². The average Bonchev–Trinajstić information content (AvgIpc) is 3.03. The highest BCUT2D eigenvalue weighted by molar-refractivity contribution is 5.72. The van der Waals surface area contributed by atoms with E-state index in [4.69, 9.17) is 4.42 Å².